The van der Waals surface area contributed by atoms with Gasteiger partial charge in [0.25, 0.3) is 0 Å². The van der Waals surface area contributed by atoms with E-state index in [0.717, 1.165) is 25.2 Å². The van der Waals surface area contributed by atoms with Crippen LogP contribution in [0.2, 0.25) is 0 Å². The Morgan fingerprint density at radius 2 is 2.19 bits per heavy atom. The molecule has 0 radical (unpaired) electrons. The Morgan fingerprint density at radius 3 is 2.94 bits per heavy atom. The lowest BCUT2D eigenvalue weighted by molar-refractivity contribution is -0.0360. The van der Waals surface area contributed by atoms with Crippen LogP contribution in [0.25, 0.3) is 0 Å². The Hall–Kier alpha value is -0.120. The summed E-state index contributed by atoms with van der Waals surface area (Å²) in [6.45, 7) is 5.26. The first kappa shape index (κ1) is 12.3. The van der Waals surface area contributed by atoms with E-state index in [-0.39, 0.29) is 0 Å². The van der Waals surface area contributed by atoms with Crippen LogP contribution in [0.4, 0.5) is 0 Å². The van der Waals surface area contributed by atoms with Crippen LogP contribution in [0.1, 0.15) is 45.4 Å². The first-order valence-electron chi connectivity index (χ1n) is 6.88. The van der Waals surface area contributed by atoms with Crippen molar-refractivity contribution in [2.75, 3.05) is 19.7 Å². The zero-order chi connectivity index (χ0) is 11.4. The van der Waals surface area contributed by atoms with E-state index in [2.05, 4.69) is 11.8 Å². The summed E-state index contributed by atoms with van der Waals surface area (Å²) >= 11 is 0. The molecule has 3 heteroatoms. The normalized spacial score (nSPS) is 37.5. The van der Waals surface area contributed by atoms with Crippen LogP contribution < -0.4 is 5.73 Å². The molecule has 3 atom stereocenters. The van der Waals surface area contributed by atoms with E-state index < -0.39 is 0 Å². The lowest BCUT2D eigenvalue weighted by Crippen LogP contribution is -2.50. The molecule has 0 saturated carbocycles. The van der Waals surface area contributed by atoms with Crippen molar-refractivity contribution in [1.29, 1.82) is 0 Å². The minimum atomic E-state index is 0.444. The van der Waals surface area contributed by atoms with E-state index in [1.54, 1.807) is 0 Å². The van der Waals surface area contributed by atoms with Gasteiger partial charge >= 0.3 is 0 Å². The van der Waals surface area contributed by atoms with Gasteiger partial charge in [-0.2, -0.15) is 0 Å². The van der Waals surface area contributed by atoms with Crippen LogP contribution >= 0.6 is 0 Å². The molecule has 2 rings (SSSR count). The number of ether oxygens (including phenoxy) is 1. The van der Waals surface area contributed by atoms with Crippen molar-refractivity contribution >= 4 is 0 Å². The third-order valence-electron chi connectivity index (χ3n) is 4.10. The summed E-state index contributed by atoms with van der Waals surface area (Å²) in [6, 6.07) is 1.50. The number of piperidine rings is 1. The summed E-state index contributed by atoms with van der Waals surface area (Å²) in [4.78, 5) is 2.73. The van der Waals surface area contributed by atoms with Crippen molar-refractivity contribution in [3.8, 4) is 0 Å². The van der Waals surface area contributed by atoms with Crippen LogP contribution in [-0.2, 0) is 4.74 Å². The highest BCUT2D eigenvalue weighted by molar-refractivity contribution is 4.85. The van der Waals surface area contributed by atoms with Crippen molar-refractivity contribution in [3.63, 3.8) is 0 Å². The molecule has 2 fully saturated rings. The standard InChI is InChI=1S/C13H26N2O/c1-11-10-13(6-9-16-11)15-8-3-2-4-12(15)5-7-14/h11-13H,2-10,14H2,1H3. The van der Waals surface area contributed by atoms with Crippen LogP contribution in [0.5, 0.6) is 0 Å². The van der Waals surface area contributed by atoms with Gasteiger partial charge in [0, 0.05) is 18.7 Å². The molecule has 0 aromatic rings. The number of rotatable bonds is 3. The SMILES string of the molecule is CC1CC(N2CCCCC2CCN)CCO1. The molecule has 0 spiro atoms. The molecule has 3 unspecified atom stereocenters. The quantitative estimate of drug-likeness (QED) is 0.797. The van der Waals surface area contributed by atoms with Gasteiger partial charge in [-0.1, -0.05) is 6.42 Å². The Kier molecular flexibility index (Phi) is 4.62. The Bertz CT molecular complexity index is 208. The van der Waals surface area contributed by atoms with E-state index in [1.807, 2.05) is 0 Å². The van der Waals surface area contributed by atoms with Crippen molar-refractivity contribution in [3.05, 3.63) is 0 Å². The lowest BCUT2D eigenvalue weighted by Gasteiger charge is -2.44. The van der Waals surface area contributed by atoms with Gasteiger partial charge in [0.1, 0.15) is 0 Å². The fourth-order valence-electron chi connectivity index (χ4n) is 3.28. The predicted octanol–water partition coefficient (Wildman–Crippen LogP) is 1.76. The molecule has 2 aliphatic rings. The van der Waals surface area contributed by atoms with Gasteiger partial charge in [-0.15, -0.1) is 0 Å². The first-order chi connectivity index (χ1) is 7.81. The zero-order valence-electron chi connectivity index (χ0n) is 10.5. The fourth-order valence-corrected chi connectivity index (χ4v) is 3.28. The fraction of sp³-hybridized carbons (Fsp3) is 1.00. The van der Waals surface area contributed by atoms with Gasteiger partial charge in [-0.3, -0.25) is 4.90 Å². The number of nitrogens with zero attached hydrogens (tertiary/aromatic N) is 1. The molecule has 3 nitrogen and oxygen atoms in total. The highest BCUT2D eigenvalue weighted by Crippen LogP contribution is 2.27. The monoisotopic (exact) mass is 226 g/mol. The second kappa shape index (κ2) is 5.99. The molecule has 0 bridgehead atoms. The molecule has 0 aromatic heterocycles. The summed E-state index contributed by atoms with van der Waals surface area (Å²) in [7, 11) is 0. The first-order valence-corrected chi connectivity index (χ1v) is 6.88. The van der Waals surface area contributed by atoms with Crippen LogP contribution in [0, 0.1) is 0 Å². The molecule has 94 valence electrons. The summed E-state index contributed by atoms with van der Waals surface area (Å²) in [6.07, 6.45) is 8.15. The van der Waals surface area contributed by atoms with Crippen LogP contribution in [-0.4, -0.2) is 42.8 Å². The summed E-state index contributed by atoms with van der Waals surface area (Å²) in [5.41, 5.74) is 5.73. The van der Waals surface area contributed by atoms with E-state index >= 15 is 0 Å². The molecule has 2 heterocycles. The third kappa shape index (κ3) is 2.96. The molecular weight excluding hydrogens is 200 g/mol. The van der Waals surface area contributed by atoms with Gasteiger partial charge in [0.2, 0.25) is 0 Å². The van der Waals surface area contributed by atoms with E-state index in [9.17, 15) is 0 Å². The minimum absolute atomic E-state index is 0.444. The van der Waals surface area contributed by atoms with Gasteiger partial charge < -0.3 is 10.5 Å². The molecule has 2 N–H and O–H groups in total. The smallest absolute Gasteiger partial charge is 0.0561 e. The Balaban J connectivity index is 1.93. The van der Waals surface area contributed by atoms with Gasteiger partial charge in [0.15, 0.2) is 0 Å². The summed E-state index contributed by atoms with van der Waals surface area (Å²) in [5.74, 6) is 0. The number of hydrogen-bond acceptors (Lipinski definition) is 3. The van der Waals surface area contributed by atoms with Crippen molar-refractivity contribution in [1.82, 2.24) is 4.90 Å². The number of nitrogens with two attached hydrogens (primary N) is 1. The maximum absolute atomic E-state index is 5.73. The molecule has 2 saturated heterocycles. The molecule has 0 aliphatic carbocycles. The van der Waals surface area contributed by atoms with Crippen molar-refractivity contribution < 1.29 is 4.74 Å². The molecule has 0 aromatic carbocycles. The number of likely N-dealkylation sites (tertiary alicyclic amines) is 1. The Morgan fingerprint density at radius 1 is 1.31 bits per heavy atom. The molecule has 0 amide bonds. The summed E-state index contributed by atoms with van der Waals surface area (Å²) in [5, 5.41) is 0. The second-order valence-corrected chi connectivity index (χ2v) is 5.32. The van der Waals surface area contributed by atoms with E-state index in [4.69, 9.17) is 10.5 Å². The van der Waals surface area contributed by atoms with E-state index in [0.29, 0.717) is 6.10 Å². The highest BCUT2D eigenvalue weighted by Gasteiger charge is 2.31. The molecule has 16 heavy (non-hydrogen) atoms. The third-order valence-corrected chi connectivity index (χ3v) is 4.10. The van der Waals surface area contributed by atoms with Gasteiger partial charge in [-0.05, 0) is 52.1 Å². The number of hydrogen-bond donors (Lipinski definition) is 1. The average Bonchev–Trinajstić information content (AvgIpc) is 2.30. The highest BCUT2D eigenvalue weighted by atomic mass is 16.5. The molecular formula is C13H26N2O. The average molecular weight is 226 g/mol. The van der Waals surface area contributed by atoms with Crippen molar-refractivity contribution in [2.24, 2.45) is 5.73 Å². The zero-order valence-corrected chi connectivity index (χ0v) is 10.5. The second-order valence-electron chi connectivity index (χ2n) is 5.32. The van der Waals surface area contributed by atoms with Crippen LogP contribution in [0.15, 0.2) is 0 Å². The van der Waals surface area contributed by atoms with Gasteiger partial charge in [-0.25, -0.2) is 0 Å². The Labute approximate surface area is 99.3 Å². The molecule has 2 aliphatic heterocycles. The van der Waals surface area contributed by atoms with Gasteiger partial charge in [0.05, 0.1) is 6.10 Å². The lowest BCUT2D eigenvalue weighted by atomic mass is 9.93. The van der Waals surface area contributed by atoms with Crippen LogP contribution in [0.3, 0.4) is 0 Å². The maximum Gasteiger partial charge on any atom is 0.0561 e. The van der Waals surface area contributed by atoms with E-state index in [1.165, 1.54) is 45.1 Å². The largest absolute Gasteiger partial charge is 0.378 e. The maximum atomic E-state index is 5.73. The topological polar surface area (TPSA) is 38.5 Å². The van der Waals surface area contributed by atoms with Crippen molar-refractivity contribution in [2.45, 2.75) is 63.6 Å². The predicted molar refractivity (Wildman–Crippen MR) is 66.5 cm³/mol. The minimum Gasteiger partial charge on any atom is -0.378 e. The summed E-state index contributed by atoms with van der Waals surface area (Å²) < 4.78 is 5.64.